The summed E-state index contributed by atoms with van der Waals surface area (Å²) in [6, 6.07) is 3.84. The predicted octanol–water partition coefficient (Wildman–Crippen LogP) is 3.82. The molecule has 5 heteroatoms. The molecule has 1 unspecified atom stereocenters. The van der Waals surface area contributed by atoms with Gasteiger partial charge in [-0.2, -0.15) is 0 Å². The lowest BCUT2D eigenvalue weighted by Gasteiger charge is -2.18. The summed E-state index contributed by atoms with van der Waals surface area (Å²) in [5, 5.41) is 6.01. The molecule has 1 aromatic carbocycles. The van der Waals surface area contributed by atoms with Gasteiger partial charge in [0.25, 0.3) is 0 Å². The first-order valence-electron chi connectivity index (χ1n) is 6.22. The average Bonchev–Trinajstić information content (AvgIpc) is 2.81. The van der Waals surface area contributed by atoms with Crippen LogP contribution in [-0.4, -0.2) is 11.5 Å². The molecule has 2 aromatic rings. The summed E-state index contributed by atoms with van der Waals surface area (Å²) < 4.78 is 27.3. The number of nitrogens with zero attached hydrogens (tertiary/aromatic N) is 1. The van der Waals surface area contributed by atoms with Gasteiger partial charge in [-0.25, -0.2) is 13.8 Å². The number of nitrogens with one attached hydrogen (secondary N) is 1. The molecule has 0 fully saturated rings. The van der Waals surface area contributed by atoms with Crippen LogP contribution in [0, 0.1) is 18.6 Å². The van der Waals surface area contributed by atoms with Crippen molar-refractivity contribution in [3.8, 4) is 0 Å². The summed E-state index contributed by atoms with van der Waals surface area (Å²) in [5.74, 6) is -1.63. The van der Waals surface area contributed by atoms with Crippen LogP contribution in [0.4, 0.5) is 8.78 Å². The number of rotatable bonds is 5. The second-order valence-electron chi connectivity index (χ2n) is 4.32. The van der Waals surface area contributed by atoms with Gasteiger partial charge in [0.05, 0.1) is 16.7 Å². The Morgan fingerprint density at radius 3 is 2.79 bits per heavy atom. The van der Waals surface area contributed by atoms with Crippen molar-refractivity contribution in [1.29, 1.82) is 0 Å². The summed E-state index contributed by atoms with van der Waals surface area (Å²) in [6.45, 7) is 4.64. The van der Waals surface area contributed by atoms with Crippen LogP contribution in [-0.2, 0) is 0 Å². The standard InChI is InChI=1S/C14H16F2N2S/c1-3-7-17-14(12-8-19-9(2)18-12)10-5-4-6-11(15)13(10)16/h4-6,8,14,17H,3,7H2,1-2H3. The molecule has 1 atom stereocenters. The van der Waals surface area contributed by atoms with Gasteiger partial charge in [-0.05, 0) is 26.0 Å². The van der Waals surface area contributed by atoms with E-state index >= 15 is 0 Å². The highest BCUT2D eigenvalue weighted by Gasteiger charge is 2.21. The fraction of sp³-hybridized carbons (Fsp3) is 0.357. The molecular weight excluding hydrogens is 266 g/mol. The summed E-state index contributed by atoms with van der Waals surface area (Å²) in [6.07, 6.45) is 0.913. The van der Waals surface area contributed by atoms with E-state index in [4.69, 9.17) is 0 Å². The van der Waals surface area contributed by atoms with Gasteiger partial charge in [-0.15, -0.1) is 11.3 Å². The summed E-state index contributed by atoms with van der Waals surface area (Å²) in [4.78, 5) is 4.38. The number of halogens is 2. The SMILES string of the molecule is CCCNC(c1csc(C)n1)c1cccc(F)c1F. The van der Waals surface area contributed by atoms with E-state index < -0.39 is 17.7 Å². The minimum absolute atomic E-state index is 0.304. The summed E-state index contributed by atoms with van der Waals surface area (Å²) in [7, 11) is 0. The molecule has 0 aliphatic carbocycles. The molecular formula is C14H16F2N2S. The van der Waals surface area contributed by atoms with Gasteiger partial charge in [-0.1, -0.05) is 19.1 Å². The van der Waals surface area contributed by atoms with Crippen molar-refractivity contribution in [2.24, 2.45) is 0 Å². The third kappa shape index (κ3) is 3.16. The quantitative estimate of drug-likeness (QED) is 0.901. The molecule has 2 nitrogen and oxygen atoms in total. The van der Waals surface area contributed by atoms with Crippen molar-refractivity contribution in [2.75, 3.05) is 6.54 Å². The van der Waals surface area contributed by atoms with Gasteiger partial charge in [0.15, 0.2) is 11.6 Å². The molecule has 0 aliphatic heterocycles. The minimum Gasteiger partial charge on any atom is -0.305 e. The van der Waals surface area contributed by atoms with Gasteiger partial charge in [0, 0.05) is 10.9 Å². The zero-order chi connectivity index (χ0) is 13.8. The largest absolute Gasteiger partial charge is 0.305 e. The van der Waals surface area contributed by atoms with Crippen LogP contribution in [0.15, 0.2) is 23.6 Å². The Kier molecular flexibility index (Phi) is 4.61. The fourth-order valence-corrected chi connectivity index (χ4v) is 2.56. The monoisotopic (exact) mass is 282 g/mol. The third-order valence-electron chi connectivity index (χ3n) is 2.82. The lowest BCUT2D eigenvalue weighted by atomic mass is 10.0. The molecule has 0 bridgehead atoms. The van der Waals surface area contributed by atoms with Gasteiger partial charge >= 0.3 is 0 Å². The number of aromatic nitrogens is 1. The molecule has 0 amide bonds. The molecule has 0 saturated carbocycles. The van der Waals surface area contributed by atoms with E-state index in [-0.39, 0.29) is 0 Å². The smallest absolute Gasteiger partial charge is 0.163 e. The third-order valence-corrected chi connectivity index (χ3v) is 3.62. The van der Waals surface area contributed by atoms with Crippen molar-refractivity contribution in [2.45, 2.75) is 26.3 Å². The maximum absolute atomic E-state index is 13.9. The predicted molar refractivity (Wildman–Crippen MR) is 73.3 cm³/mol. The molecule has 0 spiro atoms. The zero-order valence-corrected chi connectivity index (χ0v) is 11.7. The Morgan fingerprint density at radius 2 is 2.16 bits per heavy atom. The van der Waals surface area contributed by atoms with Crippen LogP contribution >= 0.6 is 11.3 Å². The number of hydrogen-bond acceptors (Lipinski definition) is 3. The molecule has 1 aromatic heterocycles. The second kappa shape index (κ2) is 6.21. The van der Waals surface area contributed by atoms with Crippen molar-refractivity contribution in [1.82, 2.24) is 10.3 Å². The van der Waals surface area contributed by atoms with E-state index in [1.807, 2.05) is 19.2 Å². The molecule has 0 saturated heterocycles. The Labute approximate surface area is 115 Å². The molecule has 1 N–H and O–H groups in total. The topological polar surface area (TPSA) is 24.9 Å². The first-order valence-corrected chi connectivity index (χ1v) is 7.10. The number of benzene rings is 1. The van der Waals surface area contributed by atoms with Gasteiger partial charge < -0.3 is 5.32 Å². The lowest BCUT2D eigenvalue weighted by Crippen LogP contribution is -2.24. The van der Waals surface area contributed by atoms with Crippen LogP contribution in [0.3, 0.4) is 0 Å². The Morgan fingerprint density at radius 1 is 1.37 bits per heavy atom. The van der Waals surface area contributed by atoms with Crippen LogP contribution in [0.1, 0.15) is 35.7 Å². The highest BCUT2D eigenvalue weighted by atomic mass is 32.1. The Balaban J connectivity index is 2.39. The molecule has 1 heterocycles. The number of thiazole rings is 1. The Bertz CT molecular complexity index is 554. The van der Waals surface area contributed by atoms with E-state index in [0.717, 1.165) is 29.7 Å². The maximum Gasteiger partial charge on any atom is 0.163 e. The van der Waals surface area contributed by atoms with Crippen LogP contribution in [0.2, 0.25) is 0 Å². The molecule has 0 aliphatic rings. The van der Waals surface area contributed by atoms with E-state index in [1.54, 1.807) is 6.07 Å². The normalized spacial score (nSPS) is 12.6. The van der Waals surface area contributed by atoms with Gasteiger partial charge in [-0.3, -0.25) is 0 Å². The number of hydrogen-bond donors (Lipinski definition) is 1. The average molecular weight is 282 g/mol. The van der Waals surface area contributed by atoms with E-state index in [0.29, 0.717) is 5.56 Å². The molecule has 2 rings (SSSR count). The van der Waals surface area contributed by atoms with E-state index in [1.165, 1.54) is 17.4 Å². The lowest BCUT2D eigenvalue weighted by molar-refractivity contribution is 0.478. The zero-order valence-electron chi connectivity index (χ0n) is 10.9. The highest BCUT2D eigenvalue weighted by molar-refractivity contribution is 7.09. The fourth-order valence-electron chi connectivity index (χ4n) is 1.92. The minimum atomic E-state index is -0.826. The first kappa shape index (κ1) is 14.1. The van der Waals surface area contributed by atoms with Gasteiger partial charge in [0.1, 0.15) is 0 Å². The van der Waals surface area contributed by atoms with E-state index in [2.05, 4.69) is 10.3 Å². The van der Waals surface area contributed by atoms with Crippen LogP contribution in [0.25, 0.3) is 0 Å². The van der Waals surface area contributed by atoms with E-state index in [9.17, 15) is 8.78 Å². The van der Waals surface area contributed by atoms with Crippen LogP contribution in [0.5, 0.6) is 0 Å². The second-order valence-corrected chi connectivity index (χ2v) is 5.38. The molecule has 102 valence electrons. The highest BCUT2D eigenvalue weighted by Crippen LogP contribution is 2.26. The van der Waals surface area contributed by atoms with Crippen molar-refractivity contribution in [3.05, 3.63) is 51.5 Å². The number of aryl methyl sites for hydroxylation is 1. The summed E-state index contributed by atoms with van der Waals surface area (Å²) in [5.41, 5.74) is 1.04. The Hall–Kier alpha value is -1.33. The summed E-state index contributed by atoms with van der Waals surface area (Å²) >= 11 is 1.50. The maximum atomic E-state index is 13.9. The van der Waals surface area contributed by atoms with Gasteiger partial charge in [0.2, 0.25) is 0 Å². The van der Waals surface area contributed by atoms with Crippen LogP contribution < -0.4 is 5.32 Å². The van der Waals surface area contributed by atoms with Crippen molar-refractivity contribution in [3.63, 3.8) is 0 Å². The molecule has 0 radical (unpaired) electrons. The molecule has 19 heavy (non-hydrogen) atoms. The first-order chi connectivity index (χ1) is 9.13. The van der Waals surface area contributed by atoms with Crippen molar-refractivity contribution >= 4 is 11.3 Å². The van der Waals surface area contributed by atoms with Crippen molar-refractivity contribution < 1.29 is 8.78 Å².